The lowest BCUT2D eigenvalue weighted by Crippen LogP contribution is -2.24. The van der Waals surface area contributed by atoms with Crippen LogP contribution in [-0.2, 0) is 4.74 Å². The van der Waals surface area contributed by atoms with Gasteiger partial charge in [0.15, 0.2) is 0 Å². The molecule has 1 unspecified atom stereocenters. The van der Waals surface area contributed by atoms with Crippen molar-refractivity contribution in [3.8, 4) is 0 Å². The molecular weight excluding hydrogens is 174 g/mol. The van der Waals surface area contributed by atoms with E-state index in [1.54, 1.807) is 0 Å². The van der Waals surface area contributed by atoms with Gasteiger partial charge in [-0.05, 0) is 46.9 Å². The van der Waals surface area contributed by atoms with Crippen LogP contribution in [-0.4, -0.2) is 18.4 Å². The van der Waals surface area contributed by atoms with Gasteiger partial charge in [0.2, 0.25) is 0 Å². The first-order valence-electron chi connectivity index (χ1n) is 4.96. The van der Waals surface area contributed by atoms with Crippen LogP contribution in [0.2, 0.25) is 0 Å². The van der Waals surface area contributed by atoms with Crippen molar-refractivity contribution in [3.05, 3.63) is 22.9 Å². The summed E-state index contributed by atoms with van der Waals surface area (Å²) in [5.41, 5.74) is 3.14. The van der Waals surface area contributed by atoms with Crippen molar-refractivity contribution in [3.63, 3.8) is 0 Å². The van der Waals surface area contributed by atoms with Gasteiger partial charge in [0, 0.05) is 5.57 Å². The number of hydrogen-bond acceptors (Lipinski definition) is 2. The Labute approximate surface area is 86.4 Å². The molecular formula is C12H19NO. The molecule has 0 saturated heterocycles. The second-order valence-corrected chi connectivity index (χ2v) is 4.16. The van der Waals surface area contributed by atoms with Gasteiger partial charge in [0.1, 0.15) is 0 Å². The first-order valence-corrected chi connectivity index (χ1v) is 4.96. The van der Waals surface area contributed by atoms with E-state index >= 15 is 0 Å². The molecule has 0 spiro atoms. The summed E-state index contributed by atoms with van der Waals surface area (Å²) in [4.78, 5) is 4.08. The smallest absolute Gasteiger partial charge is 0.0982 e. The van der Waals surface area contributed by atoms with Crippen LogP contribution < -0.4 is 0 Å². The Hall–Kier alpha value is -0.890. The van der Waals surface area contributed by atoms with Crippen LogP contribution in [0.5, 0.6) is 0 Å². The van der Waals surface area contributed by atoms with Gasteiger partial charge < -0.3 is 4.74 Å². The molecule has 0 bridgehead atoms. The highest BCUT2D eigenvalue weighted by atomic mass is 16.5. The van der Waals surface area contributed by atoms with Gasteiger partial charge in [-0.2, -0.15) is 0 Å². The first kappa shape index (κ1) is 11.2. The summed E-state index contributed by atoms with van der Waals surface area (Å²) >= 11 is 0. The van der Waals surface area contributed by atoms with E-state index in [-0.39, 0.29) is 11.7 Å². The standard InChI is InChI=1S/C12H19NO/c1-7-8(2)10-11(13-6)9(3)14-12(10,4)5/h7,9H,6H2,1-5H3/b8-7-. The number of nitrogens with zero attached hydrogens (tertiary/aromatic N) is 1. The highest BCUT2D eigenvalue weighted by Crippen LogP contribution is 2.39. The number of rotatable bonds is 2. The molecule has 0 aromatic heterocycles. The average Bonchev–Trinajstić information content (AvgIpc) is 2.33. The monoisotopic (exact) mass is 193 g/mol. The van der Waals surface area contributed by atoms with Gasteiger partial charge in [-0.1, -0.05) is 6.08 Å². The molecule has 78 valence electrons. The lowest BCUT2D eigenvalue weighted by molar-refractivity contribution is 0.00298. The molecule has 1 aliphatic heterocycles. The summed E-state index contributed by atoms with van der Waals surface area (Å²) in [5.74, 6) is 0. The van der Waals surface area contributed by atoms with E-state index in [4.69, 9.17) is 4.74 Å². The maximum absolute atomic E-state index is 5.84. The average molecular weight is 193 g/mol. The predicted molar refractivity (Wildman–Crippen MR) is 60.6 cm³/mol. The zero-order chi connectivity index (χ0) is 10.9. The van der Waals surface area contributed by atoms with Crippen LogP contribution in [0, 0.1) is 0 Å². The maximum Gasteiger partial charge on any atom is 0.0982 e. The molecule has 0 N–H and O–H groups in total. The second-order valence-electron chi connectivity index (χ2n) is 4.16. The molecule has 0 amide bonds. The van der Waals surface area contributed by atoms with Gasteiger partial charge in [-0.3, -0.25) is 4.99 Å². The second kappa shape index (κ2) is 3.70. The molecule has 0 radical (unpaired) electrons. The van der Waals surface area contributed by atoms with Gasteiger partial charge >= 0.3 is 0 Å². The highest BCUT2D eigenvalue weighted by Gasteiger charge is 2.38. The van der Waals surface area contributed by atoms with Crippen LogP contribution in [0.4, 0.5) is 0 Å². The van der Waals surface area contributed by atoms with E-state index in [2.05, 4.69) is 38.6 Å². The maximum atomic E-state index is 5.84. The van der Waals surface area contributed by atoms with E-state index in [9.17, 15) is 0 Å². The van der Waals surface area contributed by atoms with Crippen molar-refractivity contribution in [1.29, 1.82) is 0 Å². The minimum Gasteiger partial charge on any atom is -0.362 e. The Morgan fingerprint density at radius 3 is 2.57 bits per heavy atom. The van der Waals surface area contributed by atoms with Crippen LogP contribution in [0.1, 0.15) is 34.6 Å². The topological polar surface area (TPSA) is 21.6 Å². The molecule has 0 aromatic rings. The summed E-state index contributed by atoms with van der Waals surface area (Å²) in [6, 6.07) is 0. The number of ether oxygens (including phenoxy) is 1. The van der Waals surface area contributed by atoms with E-state index in [1.165, 1.54) is 11.1 Å². The molecule has 1 aliphatic rings. The fourth-order valence-corrected chi connectivity index (χ4v) is 2.10. The molecule has 0 fully saturated rings. The quantitative estimate of drug-likeness (QED) is 0.617. The number of allylic oxidation sites excluding steroid dienone is 1. The van der Waals surface area contributed by atoms with Crippen LogP contribution in [0.25, 0.3) is 0 Å². The van der Waals surface area contributed by atoms with Gasteiger partial charge in [0.05, 0.1) is 17.4 Å². The predicted octanol–water partition coefficient (Wildman–Crippen LogP) is 3.10. The summed E-state index contributed by atoms with van der Waals surface area (Å²) in [5, 5.41) is 0. The largest absolute Gasteiger partial charge is 0.362 e. The van der Waals surface area contributed by atoms with E-state index in [0.717, 1.165) is 5.70 Å². The molecule has 1 heterocycles. The molecule has 0 saturated carbocycles. The van der Waals surface area contributed by atoms with E-state index in [1.807, 2.05) is 13.8 Å². The molecule has 1 rings (SSSR count). The van der Waals surface area contributed by atoms with Crippen LogP contribution in [0.15, 0.2) is 27.9 Å². The molecule has 2 heteroatoms. The van der Waals surface area contributed by atoms with Crippen molar-refractivity contribution in [2.24, 2.45) is 4.99 Å². The van der Waals surface area contributed by atoms with Crippen molar-refractivity contribution in [2.45, 2.75) is 46.3 Å². The van der Waals surface area contributed by atoms with Gasteiger partial charge in [-0.25, -0.2) is 0 Å². The lowest BCUT2D eigenvalue weighted by atomic mass is 9.91. The van der Waals surface area contributed by atoms with Crippen molar-refractivity contribution < 1.29 is 4.74 Å². The van der Waals surface area contributed by atoms with Crippen molar-refractivity contribution in [2.75, 3.05) is 0 Å². The summed E-state index contributed by atoms with van der Waals surface area (Å²) in [6.45, 7) is 13.9. The molecule has 0 aliphatic carbocycles. The van der Waals surface area contributed by atoms with E-state index in [0.29, 0.717) is 0 Å². The highest BCUT2D eigenvalue weighted by molar-refractivity contribution is 5.46. The van der Waals surface area contributed by atoms with E-state index < -0.39 is 0 Å². The van der Waals surface area contributed by atoms with Crippen LogP contribution in [0.3, 0.4) is 0 Å². The Morgan fingerprint density at radius 1 is 1.57 bits per heavy atom. The SMILES string of the molecule is C=NC1=C(/C(C)=C\C)C(C)(C)OC1C. The first-order chi connectivity index (χ1) is 6.44. The van der Waals surface area contributed by atoms with Crippen molar-refractivity contribution in [1.82, 2.24) is 0 Å². The molecule has 14 heavy (non-hydrogen) atoms. The van der Waals surface area contributed by atoms with Gasteiger partial charge in [-0.15, -0.1) is 0 Å². The van der Waals surface area contributed by atoms with Crippen molar-refractivity contribution >= 4 is 6.72 Å². The Kier molecular flexibility index (Phi) is 2.95. The third-order valence-corrected chi connectivity index (χ3v) is 2.71. The number of aliphatic imine (C=N–C) groups is 1. The normalized spacial score (nSPS) is 26.9. The lowest BCUT2D eigenvalue weighted by Gasteiger charge is -2.23. The van der Waals surface area contributed by atoms with Crippen LogP contribution >= 0.6 is 0 Å². The van der Waals surface area contributed by atoms with Gasteiger partial charge in [0.25, 0.3) is 0 Å². The third kappa shape index (κ3) is 1.67. The summed E-state index contributed by atoms with van der Waals surface area (Å²) < 4.78 is 5.84. The zero-order valence-corrected chi connectivity index (χ0v) is 9.72. The molecule has 1 atom stereocenters. The zero-order valence-electron chi connectivity index (χ0n) is 9.72. The minimum atomic E-state index is -0.244. The summed E-state index contributed by atoms with van der Waals surface area (Å²) in [7, 11) is 0. The third-order valence-electron chi connectivity index (χ3n) is 2.71. The summed E-state index contributed by atoms with van der Waals surface area (Å²) in [6.07, 6.45) is 2.14. The Balaban J connectivity index is 3.29. The fraction of sp³-hybridized carbons (Fsp3) is 0.583. The Bertz CT molecular complexity index is 310. The Morgan fingerprint density at radius 2 is 2.14 bits per heavy atom. The number of hydrogen-bond donors (Lipinski definition) is 0. The molecule has 2 nitrogen and oxygen atoms in total. The molecule has 0 aromatic carbocycles. The fourth-order valence-electron chi connectivity index (χ4n) is 2.10. The minimum absolute atomic E-state index is 0.0485.